The molecule has 0 fully saturated rings. The van der Waals surface area contributed by atoms with Gasteiger partial charge in [0.05, 0.1) is 14.2 Å². The van der Waals surface area contributed by atoms with E-state index in [4.69, 9.17) is 9.47 Å². The molecule has 0 aliphatic carbocycles. The molecule has 0 amide bonds. The number of nitrogens with zero attached hydrogens (tertiary/aromatic N) is 1. The molecule has 0 unspecified atom stereocenters. The Bertz CT molecular complexity index is 511. The first-order valence-corrected chi connectivity index (χ1v) is 5.08. The molecule has 0 saturated heterocycles. The number of methoxy groups -OCH3 is 2. The third kappa shape index (κ3) is 2.36. The Morgan fingerprint density at radius 2 is 1.71 bits per heavy atom. The van der Waals surface area contributed by atoms with E-state index in [9.17, 15) is 4.39 Å². The molecule has 2 aromatic rings. The summed E-state index contributed by atoms with van der Waals surface area (Å²) in [7, 11) is 3.08. The molecule has 0 radical (unpaired) electrons. The number of rotatable bonds is 3. The number of halogens is 1. The Hall–Kier alpha value is -2.10. The van der Waals surface area contributed by atoms with Gasteiger partial charge in [0.2, 0.25) is 0 Å². The minimum Gasteiger partial charge on any atom is -0.491 e. The molecule has 0 saturated carbocycles. The van der Waals surface area contributed by atoms with Crippen molar-refractivity contribution in [3.63, 3.8) is 0 Å². The average Bonchev–Trinajstić information content (AvgIpc) is 2.39. The van der Waals surface area contributed by atoms with E-state index in [1.54, 1.807) is 31.5 Å². The molecule has 17 heavy (non-hydrogen) atoms. The summed E-state index contributed by atoms with van der Waals surface area (Å²) in [4.78, 5) is 4.13. The third-order valence-electron chi connectivity index (χ3n) is 2.41. The number of hydrogen-bond donors (Lipinski definition) is 0. The van der Waals surface area contributed by atoms with Crippen molar-refractivity contribution in [1.29, 1.82) is 0 Å². The molecule has 4 heteroatoms. The molecule has 1 heterocycles. The van der Waals surface area contributed by atoms with Gasteiger partial charge in [0.25, 0.3) is 5.88 Å². The van der Waals surface area contributed by atoms with Crippen LogP contribution < -0.4 is 9.47 Å². The van der Waals surface area contributed by atoms with Crippen LogP contribution in [0.1, 0.15) is 0 Å². The van der Waals surface area contributed by atoms with E-state index in [-0.39, 0.29) is 5.82 Å². The summed E-state index contributed by atoms with van der Waals surface area (Å²) < 4.78 is 23.0. The highest BCUT2D eigenvalue weighted by Gasteiger charge is 2.07. The molecule has 0 N–H and O–H groups in total. The van der Waals surface area contributed by atoms with Crippen molar-refractivity contribution in [3.05, 3.63) is 42.3 Å². The van der Waals surface area contributed by atoms with Gasteiger partial charge in [-0.1, -0.05) is 12.1 Å². The quantitative estimate of drug-likeness (QED) is 0.816. The summed E-state index contributed by atoms with van der Waals surface area (Å²) in [6.45, 7) is 0. The SMILES string of the molecule is COc1cc(-c2ccc(F)cc2)cnc1OC. The lowest BCUT2D eigenvalue weighted by atomic mass is 10.1. The molecule has 0 spiro atoms. The average molecular weight is 233 g/mol. The largest absolute Gasteiger partial charge is 0.491 e. The number of aromatic nitrogens is 1. The summed E-state index contributed by atoms with van der Waals surface area (Å²) in [5.74, 6) is 0.717. The maximum absolute atomic E-state index is 12.8. The van der Waals surface area contributed by atoms with Crippen LogP contribution in [0.3, 0.4) is 0 Å². The Kier molecular flexibility index (Phi) is 3.23. The molecule has 88 valence electrons. The molecule has 0 aliphatic heterocycles. The van der Waals surface area contributed by atoms with Crippen LogP contribution >= 0.6 is 0 Å². The van der Waals surface area contributed by atoms with Crippen molar-refractivity contribution >= 4 is 0 Å². The van der Waals surface area contributed by atoms with E-state index in [1.807, 2.05) is 0 Å². The van der Waals surface area contributed by atoms with Crippen LogP contribution in [0, 0.1) is 5.82 Å². The van der Waals surface area contributed by atoms with Crippen molar-refractivity contribution in [1.82, 2.24) is 4.98 Å². The predicted molar refractivity (Wildman–Crippen MR) is 62.7 cm³/mol. The van der Waals surface area contributed by atoms with Crippen LogP contribution in [0.4, 0.5) is 4.39 Å². The van der Waals surface area contributed by atoms with Gasteiger partial charge in [-0.2, -0.15) is 0 Å². The molecule has 0 aliphatic rings. The highest BCUT2D eigenvalue weighted by molar-refractivity contribution is 5.65. The second kappa shape index (κ2) is 4.82. The highest BCUT2D eigenvalue weighted by atomic mass is 19.1. The summed E-state index contributed by atoms with van der Waals surface area (Å²) in [5, 5.41) is 0. The zero-order valence-electron chi connectivity index (χ0n) is 9.61. The number of benzene rings is 1. The van der Waals surface area contributed by atoms with Gasteiger partial charge >= 0.3 is 0 Å². The number of hydrogen-bond acceptors (Lipinski definition) is 3. The van der Waals surface area contributed by atoms with Crippen LogP contribution in [0.25, 0.3) is 11.1 Å². The molecule has 3 nitrogen and oxygen atoms in total. The van der Waals surface area contributed by atoms with E-state index in [0.29, 0.717) is 11.6 Å². The van der Waals surface area contributed by atoms with Gasteiger partial charge in [0.15, 0.2) is 5.75 Å². The Morgan fingerprint density at radius 3 is 2.29 bits per heavy atom. The van der Waals surface area contributed by atoms with Crippen LogP contribution in [0.15, 0.2) is 36.5 Å². The van der Waals surface area contributed by atoms with Gasteiger partial charge in [-0.3, -0.25) is 0 Å². The summed E-state index contributed by atoms with van der Waals surface area (Å²) >= 11 is 0. The molecule has 1 aromatic heterocycles. The molecule has 0 bridgehead atoms. The maximum atomic E-state index is 12.8. The van der Waals surface area contributed by atoms with Gasteiger partial charge in [-0.25, -0.2) is 9.37 Å². The van der Waals surface area contributed by atoms with Gasteiger partial charge in [0.1, 0.15) is 5.82 Å². The predicted octanol–water partition coefficient (Wildman–Crippen LogP) is 2.90. The smallest absolute Gasteiger partial charge is 0.256 e. The summed E-state index contributed by atoms with van der Waals surface area (Å²) in [6.07, 6.45) is 1.66. The standard InChI is InChI=1S/C13H12FNO2/c1-16-12-7-10(8-15-13(12)17-2)9-3-5-11(14)6-4-9/h3-8H,1-2H3. The van der Waals surface area contributed by atoms with Crippen molar-refractivity contribution < 1.29 is 13.9 Å². The first kappa shape index (κ1) is 11.4. The fraction of sp³-hybridized carbons (Fsp3) is 0.154. The van der Waals surface area contributed by atoms with E-state index < -0.39 is 0 Å². The van der Waals surface area contributed by atoms with E-state index in [0.717, 1.165) is 11.1 Å². The van der Waals surface area contributed by atoms with Crippen LogP contribution in [0.2, 0.25) is 0 Å². The topological polar surface area (TPSA) is 31.4 Å². The van der Waals surface area contributed by atoms with Crippen molar-refractivity contribution in [3.8, 4) is 22.8 Å². The second-order valence-electron chi connectivity index (χ2n) is 3.44. The zero-order valence-corrected chi connectivity index (χ0v) is 9.61. The summed E-state index contributed by atoms with van der Waals surface area (Å²) in [6, 6.07) is 8.01. The van der Waals surface area contributed by atoms with Gasteiger partial charge < -0.3 is 9.47 Å². The second-order valence-corrected chi connectivity index (χ2v) is 3.44. The fourth-order valence-electron chi connectivity index (χ4n) is 1.53. The van der Waals surface area contributed by atoms with Crippen molar-refractivity contribution in [2.75, 3.05) is 14.2 Å². The zero-order chi connectivity index (χ0) is 12.3. The molecule has 0 atom stereocenters. The monoisotopic (exact) mass is 233 g/mol. The molecular weight excluding hydrogens is 221 g/mol. The lowest BCUT2D eigenvalue weighted by molar-refractivity contribution is 0.343. The van der Waals surface area contributed by atoms with E-state index >= 15 is 0 Å². The number of ether oxygens (including phenoxy) is 2. The first-order valence-electron chi connectivity index (χ1n) is 5.08. The van der Waals surface area contributed by atoms with Crippen LogP contribution in [0.5, 0.6) is 11.6 Å². The van der Waals surface area contributed by atoms with Crippen LogP contribution in [-0.4, -0.2) is 19.2 Å². The first-order chi connectivity index (χ1) is 8.24. The maximum Gasteiger partial charge on any atom is 0.256 e. The van der Waals surface area contributed by atoms with Crippen molar-refractivity contribution in [2.24, 2.45) is 0 Å². The van der Waals surface area contributed by atoms with Gasteiger partial charge in [0, 0.05) is 11.8 Å². The Labute approximate surface area is 98.8 Å². The Morgan fingerprint density at radius 1 is 1.00 bits per heavy atom. The third-order valence-corrected chi connectivity index (χ3v) is 2.41. The highest BCUT2D eigenvalue weighted by Crippen LogP contribution is 2.29. The van der Waals surface area contributed by atoms with Crippen LogP contribution in [-0.2, 0) is 0 Å². The minimum atomic E-state index is -0.262. The fourth-order valence-corrected chi connectivity index (χ4v) is 1.53. The molecule has 1 aromatic carbocycles. The van der Waals surface area contributed by atoms with Crippen molar-refractivity contribution in [2.45, 2.75) is 0 Å². The molecular formula is C13H12FNO2. The van der Waals surface area contributed by atoms with E-state index in [1.165, 1.54) is 19.2 Å². The Balaban J connectivity index is 2.42. The lowest BCUT2D eigenvalue weighted by Gasteiger charge is -2.08. The van der Waals surface area contributed by atoms with Gasteiger partial charge in [-0.15, -0.1) is 0 Å². The summed E-state index contributed by atoms with van der Waals surface area (Å²) in [5.41, 5.74) is 1.72. The normalized spacial score (nSPS) is 10.1. The van der Waals surface area contributed by atoms with Gasteiger partial charge in [-0.05, 0) is 23.8 Å². The molecule has 2 rings (SSSR count). The number of pyridine rings is 1. The lowest BCUT2D eigenvalue weighted by Crippen LogP contribution is -1.93. The minimum absolute atomic E-state index is 0.262. The van der Waals surface area contributed by atoms with E-state index in [2.05, 4.69) is 4.98 Å².